The molecule has 4 unspecified atom stereocenters. The Bertz CT molecular complexity index is 1550. The average Bonchev–Trinajstić information content (AvgIpc) is 3.18. The van der Waals surface area contributed by atoms with Gasteiger partial charge in [0, 0.05) is 29.2 Å². The number of pyridine rings is 1. The molecule has 1 saturated carbocycles. The summed E-state index contributed by atoms with van der Waals surface area (Å²) in [6, 6.07) is 6.80. The molecule has 1 aliphatic heterocycles. The minimum Gasteiger partial charge on any atom is -0.488 e. The summed E-state index contributed by atoms with van der Waals surface area (Å²) in [5.41, 5.74) is 7.14. The summed E-state index contributed by atoms with van der Waals surface area (Å²) in [5, 5.41) is 5.98. The number of aryl methyl sites for hydroxylation is 1. The van der Waals surface area contributed by atoms with Crippen molar-refractivity contribution in [1.29, 1.82) is 0 Å². The second kappa shape index (κ2) is 10.4. The molecule has 10 nitrogen and oxygen atoms in total. The number of carbonyl (C=O) groups excluding carboxylic acids is 3. The van der Waals surface area contributed by atoms with Gasteiger partial charge in [0.05, 0.1) is 17.8 Å². The molecular weight excluding hydrogens is 542 g/mol. The fraction of sp³-hybridized carbons (Fsp3) is 0.433. The molecule has 3 N–H and O–H groups in total. The lowest BCUT2D eigenvalue weighted by Crippen LogP contribution is -2.53. The minimum absolute atomic E-state index is 0.125. The number of nitrogens with one attached hydrogen (secondary N) is 1. The number of nitrogens with two attached hydrogens (primary N) is 1. The third kappa shape index (κ3) is 5.76. The fourth-order valence-electron chi connectivity index (χ4n) is 5.29. The zero-order valence-electron chi connectivity index (χ0n) is 23.9. The number of anilines is 1. The number of nitrogen functional groups attached to an aromatic ring is 1. The Hall–Kier alpha value is -3.99. The highest BCUT2D eigenvalue weighted by atomic mass is 32.1. The SMILES string of the molecule is C=CC1CC1(NC(=O)C1CC(Oc2cc(-c3csc(N)n3)nc3cc(C)ccc23)CN1C(=O)OC(C)(C)C)C(C)=O. The first-order valence-electron chi connectivity index (χ1n) is 13.5. The molecule has 2 amide bonds. The maximum atomic E-state index is 13.6. The van der Waals surface area contributed by atoms with Gasteiger partial charge < -0.3 is 20.5 Å². The number of ether oxygens (including phenoxy) is 2. The van der Waals surface area contributed by atoms with E-state index in [9.17, 15) is 14.4 Å². The van der Waals surface area contributed by atoms with Crippen molar-refractivity contribution in [3.8, 4) is 17.1 Å². The summed E-state index contributed by atoms with van der Waals surface area (Å²) >= 11 is 1.32. The van der Waals surface area contributed by atoms with E-state index in [2.05, 4.69) is 16.9 Å². The van der Waals surface area contributed by atoms with E-state index in [1.807, 2.05) is 30.5 Å². The maximum Gasteiger partial charge on any atom is 0.411 e. The number of hydrogen-bond acceptors (Lipinski definition) is 9. The van der Waals surface area contributed by atoms with Crippen molar-refractivity contribution >= 4 is 45.2 Å². The molecule has 5 rings (SSSR count). The number of rotatable bonds is 7. The number of ketones is 1. The van der Waals surface area contributed by atoms with E-state index in [-0.39, 0.29) is 24.7 Å². The number of Topliss-reactive ketones (excluding diaryl/α,β-unsaturated/α-hetero) is 1. The number of thiazole rings is 1. The highest BCUT2D eigenvalue weighted by Gasteiger charge is 2.58. The molecule has 3 aromatic rings. The minimum atomic E-state index is -0.985. The molecule has 0 radical (unpaired) electrons. The van der Waals surface area contributed by atoms with Gasteiger partial charge in [-0.3, -0.25) is 14.5 Å². The van der Waals surface area contributed by atoms with E-state index < -0.39 is 35.3 Å². The second-order valence-corrected chi connectivity index (χ2v) is 12.7. The summed E-state index contributed by atoms with van der Waals surface area (Å²) in [6.45, 7) is 12.7. The number of benzene rings is 1. The van der Waals surface area contributed by atoms with Gasteiger partial charge in [-0.1, -0.05) is 12.1 Å². The Kier molecular flexibility index (Phi) is 7.27. The molecule has 2 aliphatic rings. The Morgan fingerprint density at radius 3 is 2.59 bits per heavy atom. The van der Waals surface area contributed by atoms with Crippen LogP contribution in [-0.4, -0.2) is 62.5 Å². The predicted octanol–water partition coefficient (Wildman–Crippen LogP) is 4.66. The quantitative estimate of drug-likeness (QED) is 0.387. The molecular formula is C30H35N5O5S. The predicted molar refractivity (Wildman–Crippen MR) is 158 cm³/mol. The number of likely N-dealkylation sites (tertiary alicyclic amines) is 1. The number of fused-ring (bicyclic) bond motifs is 1. The van der Waals surface area contributed by atoms with Crippen molar-refractivity contribution < 1.29 is 23.9 Å². The van der Waals surface area contributed by atoms with Crippen molar-refractivity contribution in [2.45, 2.75) is 70.7 Å². The first kappa shape index (κ1) is 28.5. The third-order valence-electron chi connectivity index (χ3n) is 7.47. The van der Waals surface area contributed by atoms with Crippen molar-refractivity contribution in [3.63, 3.8) is 0 Å². The van der Waals surface area contributed by atoms with Crippen molar-refractivity contribution in [1.82, 2.24) is 20.2 Å². The summed E-state index contributed by atoms with van der Waals surface area (Å²) in [5.74, 6) is -0.146. The first-order valence-corrected chi connectivity index (χ1v) is 14.4. The van der Waals surface area contributed by atoms with Gasteiger partial charge in [0.25, 0.3) is 0 Å². The molecule has 3 heterocycles. The van der Waals surface area contributed by atoms with Gasteiger partial charge in [-0.05, 0) is 58.7 Å². The lowest BCUT2D eigenvalue weighted by Gasteiger charge is -2.28. The van der Waals surface area contributed by atoms with Crippen LogP contribution in [0.25, 0.3) is 22.3 Å². The van der Waals surface area contributed by atoms with Gasteiger partial charge in [-0.15, -0.1) is 17.9 Å². The zero-order valence-corrected chi connectivity index (χ0v) is 24.7. The number of carbonyl (C=O) groups is 3. The molecule has 0 bridgehead atoms. The highest BCUT2D eigenvalue weighted by molar-refractivity contribution is 7.13. The lowest BCUT2D eigenvalue weighted by molar-refractivity contribution is -0.130. The van der Waals surface area contributed by atoms with Crippen molar-refractivity contribution in [3.05, 3.63) is 47.9 Å². The molecule has 11 heteroatoms. The number of hydrogen-bond donors (Lipinski definition) is 2. The van der Waals surface area contributed by atoms with Gasteiger partial charge in [0.1, 0.15) is 34.7 Å². The van der Waals surface area contributed by atoms with Crippen LogP contribution in [-0.2, 0) is 14.3 Å². The smallest absolute Gasteiger partial charge is 0.411 e. The number of aromatic nitrogens is 2. The van der Waals surface area contributed by atoms with Crippen molar-refractivity contribution in [2.24, 2.45) is 5.92 Å². The van der Waals surface area contributed by atoms with E-state index in [1.165, 1.54) is 23.2 Å². The van der Waals surface area contributed by atoms with Gasteiger partial charge in [0.2, 0.25) is 5.91 Å². The van der Waals surface area contributed by atoms with Crippen LogP contribution < -0.4 is 15.8 Å². The second-order valence-electron chi connectivity index (χ2n) is 11.8. The van der Waals surface area contributed by atoms with E-state index in [0.29, 0.717) is 28.7 Å². The molecule has 0 spiro atoms. The third-order valence-corrected chi connectivity index (χ3v) is 8.15. The Labute approximate surface area is 242 Å². The molecule has 41 heavy (non-hydrogen) atoms. The van der Waals surface area contributed by atoms with Gasteiger partial charge >= 0.3 is 6.09 Å². The van der Waals surface area contributed by atoms with Crippen molar-refractivity contribution in [2.75, 3.05) is 12.3 Å². The summed E-state index contributed by atoms with van der Waals surface area (Å²) < 4.78 is 12.2. The van der Waals surface area contributed by atoms with Crippen LogP contribution in [0.1, 0.15) is 46.1 Å². The topological polar surface area (TPSA) is 137 Å². The lowest BCUT2D eigenvalue weighted by atomic mass is 10.1. The molecule has 2 aromatic heterocycles. The first-order chi connectivity index (χ1) is 19.3. The van der Waals surface area contributed by atoms with Crippen LogP contribution in [0.3, 0.4) is 0 Å². The molecule has 1 saturated heterocycles. The van der Waals surface area contributed by atoms with Crippen LogP contribution >= 0.6 is 11.3 Å². The van der Waals surface area contributed by atoms with Crippen LogP contribution in [0.2, 0.25) is 0 Å². The van der Waals surface area contributed by atoms with Crippen LogP contribution in [0.4, 0.5) is 9.93 Å². The van der Waals surface area contributed by atoms with E-state index >= 15 is 0 Å². The van der Waals surface area contributed by atoms with Gasteiger partial charge in [-0.25, -0.2) is 14.8 Å². The zero-order chi connectivity index (χ0) is 29.7. The normalized spacial score (nSPS) is 23.7. The Morgan fingerprint density at radius 1 is 1.22 bits per heavy atom. The maximum absolute atomic E-state index is 13.6. The van der Waals surface area contributed by atoms with E-state index in [4.69, 9.17) is 20.2 Å². The van der Waals surface area contributed by atoms with Crippen LogP contribution in [0.5, 0.6) is 5.75 Å². The summed E-state index contributed by atoms with van der Waals surface area (Å²) in [7, 11) is 0. The monoisotopic (exact) mass is 577 g/mol. The largest absolute Gasteiger partial charge is 0.488 e. The molecule has 2 fully saturated rings. The molecule has 1 aliphatic carbocycles. The van der Waals surface area contributed by atoms with E-state index in [1.54, 1.807) is 32.9 Å². The summed E-state index contributed by atoms with van der Waals surface area (Å²) in [4.78, 5) is 49.9. The van der Waals surface area contributed by atoms with Crippen LogP contribution in [0, 0.1) is 12.8 Å². The van der Waals surface area contributed by atoms with E-state index in [0.717, 1.165) is 16.5 Å². The van der Waals surface area contributed by atoms with Gasteiger partial charge in [0.15, 0.2) is 10.9 Å². The number of nitrogens with zero attached hydrogens (tertiary/aromatic N) is 3. The van der Waals surface area contributed by atoms with Gasteiger partial charge in [-0.2, -0.15) is 0 Å². The molecule has 4 atom stereocenters. The Balaban J connectivity index is 1.46. The summed E-state index contributed by atoms with van der Waals surface area (Å²) in [6.07, 6.45) is 1.24. The highest BCUT2D eigenvalue weighted by Crippen LogP contribution is 2.45. The van der Waals surface area contributed by atoms with Crippen LogP contribution in [0.15, 0.2) is 42.3 Å². The fourth-order valence-corrected chi connectivity index (χ4v) is 5.84. The molecule has 1 aromatic carbocycles. The average molecular weight is 578 g/mol. The molecule has 216 valence electrons. The number of amides is 2. The standard InChI is InChI=1S/C30H35N5O5S/c1-7-18-13-30(18,17(3)36)34-26(37)24-11-19(14-35(24)28(38)40-29(4,5)6)39-25-12-22(23-15-41-27(31)33-23)32-21-10-16(2)8-9-20(21)25/h7-10,12,15,18-19,24H,1,11,13-14H2,2-6H3,(H2,31,33)(H,34,37). The Morgan fingerprint density at radius 2 is 1.98 bits per heavy atom.